The van der Waals surface area contributed by atoms with E-state index in [0.29, 0.717) is 0 Å². The fourth-order valence-corrected chi connectivity index (χ4v) is 5.15. The molecular weight excluding hydrogens is 174 g/mol. The summed E-state index contributed by atoms with van der Waals surface area (Å²) in [5.74, 6) is 0. The molecule has 68 valence electrons. The Bertz CT molecular complexity index is 100. The van der Waals surface area contributed by atoms with Crippen molar-refractivity contribution in [2.45, 2.75) is 38.8 Å². The van der Waals surface area contributed by atoms with Crippen LogP contribution in [0.25, 0.3) is 0 Å². The van der Waals surface area contributed by atoms with Gasteiger partial charge in [0.1, 0.15) is 0 Å². The molecule has 0 bridgehead atoms. The van der Waals surface area contributed by atoms with Crippen LogP contribution in [0.4, 0.5) is 0 Å². The van der Waals surface area contributed by atoms with Crippen LogP contribution >= 0.6 is 11.1 Å². The number of halogens is 1. The number of rotatable bonds is 5. The van der Waals surface area contributed by atoms with E-state index < -0.39 is 7.55 Å². The molecular formula is C8H20ClNSi. The van der Waals surface area contributed by atoms with E-state index in [4.69, 9.17) is 11.1 Å². The zero-order valence-electron chi connectivity index (χ0n) is 8.15. The van der Waals surface area contributed by atoms with Crippen LogP contribution in [0.2, 0.25) is 12.1 Å². The maximum atomic E-state index is 6.54. The highest BCUT2D eigenvalue weighted by atomic mass is 35.6. The van der Waals surface area contributed by atoms with Crippen molar-refractivity contribution in [1.29, 1.82) is 0 Å². The van der Waals surface area contributed by atoms with Crippen molar-refractivity contribution >= 4 is 18.6 Å². The van der Waals surface area contributed by atoms with E-state index in [1.807, 2.05) is 0 Å². The molecule has 1 nitrogen and oxygen atoms in total. The van der Waals surface area contributed by atoms with Crippen molar-refractivity contribution in [3.63, 3.8) is 0 Å². The second-order valence-corrected chi connectivity index (χ2v) is 9.15. The molecule has 0 spiro atoms. The summed E-state index contributed by atoms with van der Waals surface area (Å²) in [6.45, 7) is 4.42. The van der Waals surface area contributed by atoms with Crippen LogP contribution < -0.4 is 0 Å². The predicted octanol–water partition coefficient (Wildman–Crippen LogP) is 3.05. The quantitative estimate of drug-likeness (QED) is 0.479. The average molecular weight is 194 g/mol. The average Bonchev–Trinajstić information content (AvgIpc) is 1.88. The van der Waals surface area contributed by atoms with Crippen LogP contribution in [0, 0.1) is 0 Å². The highest BCUT2D eigenvalue weighted by molar-refractivity contribution is 7.18. The van der Waals surface area contributed by atoms with Crippen LogP contribution in [-0.2, 0) is 0 Å². The Morgan fingerprint density at radius 2 is 1.45 bits per heavy atom. The molecule has 0 aromatic heterocycles. The Kier molecular flexibility index (Phi) is 5.39. The highest BCUT2D eigenvalue weighted by Crippen LogP contribution is 2.25. The molecule has 0 rings (SSSR count). The zero-order chi connectivity index (χ0) is 8.91. The molecule has 0 aliphatic carbocycles. The van der Waals surface area contributed by atoms with Crippen molar-refractivity contribution in [2.24, 2.45) is 0 Å². The monoisotopic (exact) mass is 193 g/mol. The molecule has 0 atom stereocenters. The molecule has 0 aliphatic heterocycles. The normalized spacial score (nSPS) is 12.5. The standard InChI is InChI=1S/C8H20ClNSi/c1-5-7-11(9,8-6-2)10(3)4/h5-8H2,1-4H3. The van der Waals surface area contributed by atoms with Gasteiger partial charge in [0, 0.05) is 0 Å². The number of nitrogens with zero attached hydrogens (tertiary/aromatic N) is 1. The first-order chi connectivity index (χ1) is 5.06. The van der Waals surface area contributed by atoms with Gasteiger partial charge in [0.05, 0.1) is 0 Å². The summed E-state index contributed by atoms with van der Waals surface area (Å²) < 4.78 is 2.27. The minimum absolute atomic E-state index is 1.22. The van der Waals surface area contributed by atoms with E-state index in [2.05, 4.69) is 32.5 Å². The van der Waals surface area contributed by atoms with Crippen molar-refractivity contribution < 1.29 is 0 Å². The molecule has 0 saturated carbocycles. The molecule has 0 heterocycles. The first-order valence-electron chi connectivity index (χ1n) is 4.43. The van der Waals surface area contributed by atoms with Gasteiger partial charge in [0.2, 0.25) is 7.55 Å². The molecule has 0 radical (unpaired) electrons. The Morgan fingerprint density at radius 3 is 1.64 bits per heavy atom. The van der Waals surface area contributed by atoms with E-state index in [9.17, 15) is 0 Å². The van der Waals surface area contributed by atoms with Gasteiger partial charge in [-0.3, -0.25) is 0 Å². The lowest BCUT2D eigenvalue weighted by molar-refractivity contribution is 0.615. The lowest BCUT2D eigenvalue weighted by Crippen LogP contribution is -2.43. The van der Waals surface area contributed by atoms with Crippen molar-refractivity contribution in [3.05, 3.63) is 0 Å². The van der Waals surface area contributed by atoms with E-state index >= 15 is 0 Å². The summed E-state index contributed by atoms with van der Waals surface area (Å²) in [5.41, 5.74) is 0. The third-order valence-corrected chi connectivity index (χ3v) is 8.35. The minimum Gasteiger partial charge on any atom is -0.317 e. The summed E-state index contributed by atoms with van der Waals surface area (Å²) in [5, 5.41) is 0. The van der Waals surface area contributed by atoms with Gasteiger partial charge in [-0.05, 0) is 26.2 Å². The molecule has 3 heteroatoms. The second kappa shape index (κ2) is 5.17. The number of hydrogen-bond donors (Lipinski definition) is 0. The Hall–Kier alpha value is 0.467. The van der Waals surface area contributed by atoms with Gasteiger partial charge in [-0.2, -0.15) is 0 Å². The maximum absolute atomic E-state index is 6.54. The van der Waals surface area contributed by atoms with E-state index in [0.717, 1.165) is 0 Å². The molecule has 0 aromatic carbocycles. The van der Waals surface area contributed by atoms with Crippen LogP contribution in [0.5, 0.6) is 0 Å². The molecule has 0 aliphatic rings. The zero-order valence-corrected chi connectivity index (χ0v) is 9.91. The molecule has 0 saturated heterocycles. The van der Waals surface area contributed by atoms with Gasteiger partial charge in [-0.15, -0.1) is 11.1 Å². The van der Waals surface area contributed by atoms with Gasteiger partial charge in [-0.1, -0.05) is 26.7 Å². The second-order valence-electron chi connectivity index (χ2n) is 3.31. The van der Waals surface area contributed by atoms with E-state index in [1.54, 1.807) is 0 Å². The molecule has 0 unspecified atom stereocenters. The predicted molar refractivity (Wildman–Crippen MR) is 55.5 cm³/mol. The van der Waals surface area contributed by atoms with Crippen LogP contribution in [0.1, 0.15) is 26.7 Å². The molecule has 0 N–H and O–H groups in total. The maximum Gasteiger partial charge on any atom is 0.228 e. The van der Waals surface area contributed by atoms with E-state index in [1.165, 1.54) is 24.9 Å². The topological polar surface area (TPSA) is 3.24 Å². The van der Waals surface area contributed by atoms with Crippen molar-refractivity contribution in [1.82, 2.24) is 4.57 Å². The van der Waals surface area contributed by atoms with Crippen molar-refractivity contribution in [2.75, 3.05) is 14.1 Å². The third kappa shape index (κ3) is 3.59. The van der Waals surface area contributed by atoms with Crippen LogP contribution in [0.3, 0.4) is 0 Å². The van der Waals surface area contributed by atoms with Gasteiger partial charge >= 0.3 is 0 Å². The first kappa shape index (κ1) is 11.5. The first-order valence-corrected chi connectivity index (χ1v) is 7.80. The fraction of sp³-hybridized carbons (Fsp3) is 1.00. The SMILES string of the molecule is CCC[Si](Cl)(CCC)N(C)C. The van der Waals surface area contributed by atoms with Crippen molar-refractivity contribution in [3.8, 4) is 0 Å². The molecule has 0 amide bonds. The van der Waals surface area contributed by atoms with Gasteiger partial charge in [-0.25, -0.2) is 0 Å². The highest BCUT2D eigenvalue weighted by Gasteiger charge is 2.31. The molecule has 0 aromatic rings. The summed E-state index contributed by atoms with van der Waals surface area (Å²) in [6.07, 6.45) is 2.43. The third-order valence-electron chi connectivity index (χ3n) is 2.07. The Morgan fingerprint density at radius 1 is 1.09 bits per heavy atom. The largest absolute Gasteiger partial charge is 0.317 e. The summed E-state index contributed by atoms with van der Waals surface area (Å²) in [7, 11) is 2.71. The summed E-state index contributed by atoms with van der Waals surface area (Å²) >= 11 is 6.54. The number of hydrogen-bond acceptors (Lipinski definition) is 1. The smallest absolute Gasteiger partial charge is 0.228 e. The Labute approximate surface area is 76.5 Å². The van der Waals surface area contributed by atoms with E-state index in [-0.39, 0.29) is 0 Å². The van der Waals surface area contributed by atoms with Gasteiger partial charge in [0.25, 0.3) is 0 Å². The lowest BCUT2D eigenvalue weighted by atomic mass is 10.6. The van der Waals surface area contributed by atoms with Crippen LogP contribution in [0.15, 0.2) is 0 Å². The lowest BCUT2D eigenvalue weighted by Gasteiger charge is -2.30. The van der Waals surface area contributed by atoms with Gasteiger partial charge in [0.15, 0.2) is 0 Å². The molecule has 11 heavy (non-hydrogen) atoms. The fourth-order valence-electron chi connectivity index (χ4n) is 1.34. The van der Waals surface area contributed by atoms with Crippen LogP contribution in [-0.4, -0.2) is 26.2 Å². The summed E-state index contributed by atoms with van der Waals surface area (Å²) in [4.78, 5) is 0. The summed E-state index contributed by atoms with van der Waals surface area (Å²) in [6, 6.07) is 2.44. The molecule has 0 fully saturated rings. The minimum atomic E-state index is -1.52. The Balaban J connectivity index is 4.01. The van der Waals surface area contributed by atoms with Gasteiger partial charge < -0.3 is 4.57 Å².